The van der Waals surface area contributed by atoms with Crippen molar-refractivity contribution >= 4 is 27.3 Å². The lowest BCUT2D eigenvalue weighted by Crippen LogP contribution is -2.34. The Kier molecular flexibility index (Phi) is 7.12. The zero-order chi connectivity index (χ0) is 20.9. The number of furan rings is 1. The van der Waals surface area contributed by atoms with Crippen LogP contribution in [0.5, 0.6) is 0 Å². The van der Waals surface area contributed by atoms with Gasteiger partial charge < -0.3 is 14.2 Å². The molecule has 1 aromatic heterocycles. The van der Waals surface area contributed by atoms with Gasteiger partial charge >= 0.3 is 0 Å². The van der Waals surface area contributed by atoms with E-state index in [0.717, 1.165) is 11.3 Å². The van der Waals surface area contributed by atoms with Gasteiger partial charge in [0.1, 0.15) is 0 Å². The monoisotopic (exact) mass is 407 g/mol. The first-order valence-corrected chi connectivity index (χ1v) is 10.9. The van der Waals surface area contributed by atoms with Crippen molar-refractivity contribution in [2.45, 2.75) is 27.3 Å². The molecule has 1 heterocycles. The summed E-state index contributed by atoms with van der Waals surface area (Å²) in [5.74, 6) is 0.357. The Balaban J connectivity index is 2.39. The van der Waals surface area contributed by atoms with Crippen molar-refractivity contribution in [1.82, 2.24) is 4.90 Å². The van der Waals surface area contributed by atoms with Gasteiger partial charge in [0, 0.05) is 38.6 Å². The van der Waals surface area contributed by atoms with E-state index < -0.39 is 10.0 Å². The first kappa shape index (κ1) is 21.8. The number of rotatable bonds is 9. The number of benzene rings is 1. The van der Waals surface area contributed by atoms with Crippen LogP contribution in [-0.2, 0) is 16.6 Å². The molecule has 0 fully saturated rings. The zero-order valence-electron chi connectivity index (χ0n) is 17.1. The van der Waals surface area contributed by atoms with Gasteiger partial charge in [0.25, 0.3) is 5.91 Å². The van der Waals surface area contributed by atoms with Gasteiger partial charge in [0.2, 0.25) is 10.0 Å². The highest BCUT2D eigenvalue weighted by Crippen LogP contribution is 2.26. The third kappa shape index (κ3) is 5.76. The van der Waals surface area contributed by atoms with Gasteiger partial charge in [-0.05, 0) is 48.7 Å². The fraction of sp³-hybridized carbons (Fsp3) is 0.450. The van der Waals surface area contributed by atoms with E-state index in [0.29, 0.717) is 18.8 Å². The summed E-state index contributed by atoms with van der Waals surface area (Å²) in [4.78, 5) is 16.6. The molecule has 0 unspecified atom stereocenters. The zero-order valence-corrected chi connectivity index (χ0v) is 17.9. The molecule has 8 heteroatoms. The van der Waals surface area contributed by atoms with E-state index in [-0.39, 0.29) is 23.3 Å². The summed E-state index contributed by atoms with van der Waals surface area (Å²) in [7, 11) is 0.444. The van der Waals surface area contributed by atoms with Crippen LogP contribution in [0.1, 0.15) is 36.9 Å². The maximum atomic E-state index is 12.9. The number of anilines is 2. The average Bonchev–Trinajstić information content (AvgIpc) is 3.14. The van der Waals surface area contributed by atoms with Gasteiger partial charge in [0.05, 0.1) is 12.0 Å². The lowest BCUT2D eigenvalue weighted by molar-refractivity contribution is 0.0690. The Morgan fingerprint density at radius 2 is 1.93 bits per heavy atom. The molecule has 1 amide bonds. The fourth-order valence-corrected chi connectivity index (χ4v) is 3.52. The molecule has 2 rings (SSSR count). The van der Waals surface area contributed by atoms with E-state index in [4.69, 9.17) is 4.42 Å². The van der Waals surface area contributed by atoms with Gasteiger partial charge in [-0.1, -0.05) is 13.8 Å². The molecular formula is C20H29N3O4S. The van der Waals surface area contributed by atoms with Crippen molar-refractivity contribution in [3.8, 4) is 0 Å². The summed E-state index contributed by atoms with van der Waals surface area (Å²) in [6.07, 6.45) is 1.48. The van der Waals surface area contributed by atoms with E-state index in [2.05, 4.69) is 4.72 Å². The molecule has 154 valence electrons. The van der Waals surface area contributed by atoms with Crippen molar-refractivity contribution in [3.05, 3.63) is 47.9 Å². The Bertz CT molecular complexity index is 890. The standard InChI is InChI=1S/C20H29N3O4S/c1-6-28(25,26)21-17-9-10-18(22(4)5)16(12-17)14-23(13-15(2)3)20(24)19-8-7-11-27-19/h7-12,15,21H,6,13-14H2,1-5H3. The largest absolute Gasteiger partial charge is 0.459 e. The first-order chi connectivity index (χ1) is 13.1. The van der Waals surface area contributed by atoms with Crippen LogP contribution in [0.15, 0.2) is 41.0 Å². The second kappa shape index (κ2) is 9.14. The summed E-state index contributed by atoms with van der Waals surface area (Å²) in [5, 5.41) is 0. The van der Waals surface area contributed by atoms with Crippen LogP contribution in [0, 0.1) is 5.92 Å². The van der Waals surface area contributed by atoms with E-state index in [1.807, 2.05) is 38.9 Å². The first-order valence-electron chi connectivity index (χ1n) is 9.26. The third-order valence-corrected chi connectivity index (χ3v) is 5.49. The number of carbonyl (C=O) groups excluding carboxylic acids is 1. The average molecular weight is 408 g/mol. The molecule has 0 atom stereocenters. The van der Waals surface area contributed by atoms with Crippen molar-refractivity contribution < 1.29 is 17.6 Å². The number of hydrogen-bond acceptors (Lipinski definition) is 5. The molecule has 0 aliphatic carbocycles. The lowest BCUT2D eigenvalue weighted by atomic mass is 10.1. The Morgan fingerprint density at radius 1 is 1.21 bits per heavy atom. The Labute approximate surface area is 167 Å². The van der Waals surface area contributed by atoms with Gasteiger partial charge in [-0.3, -0.25) is 9.52 Å². The number of carbonyl (C=O) groups is 1. The van der Waals surface area contributed by atoms with Crippen LogP contribution in [0.3, 0.4) is 0 Å². The van der Waals surface area contributed by atoms with E-state index in [1.54, 1.807) is 36.1 Å². The minimum Gasteiger partial charge on any atom is -0.459 e. The highest BCUT2D eigenvalue weighted by Gasteiger charge is 2.21. The maximum absolute atomic E-state index is 12.9. The molecule has 0 saturated heterocycles. The summed E-state index contributed by atoms with van der Waals surface area (Å²) < 4.78 is 31.7. The topological polar surface area (TPSA) is 82.9 Å². The van der Waals surface area contributed by atoms with Crippen LogP contribution in [0.2, 0.25) is 0 Å². The number of nitrogens with zero attached hydrogens (tertiary/aromatic N) is 2. The minimum absolute atomic E-state index is 0.00573. The number of amides is 1. The van der Waals surface area contributed by atoms with Crippen LogP contribution < -0.4 is 9.62 Å². The number of hydrogen-bond donors (Lipinski definition) is 1. The summed E-state index contributed by atoms with van der Waals surface area (Å²) in [6.45, 7) is 6.57. The minimum atomic E-state index is -3.38. The molecule has 0 aliphatic rings. The van der Waals surface area contributed by atoms with Crippen molar-refractivity contribution in [2.75, 3.05) is 36.0 Å². The van der Waals surface area contributed by atoms with Gasteiger partial charge in [-0.15, -0.1) is 0 Å². The molecule has 28 heavy (non-hydrogen) atoms. The Morgan fingerprint density at radius 3 is 2.46 bits per heavy atom. The van der Waals surface area contributed by atoms with Crippen LogP contribution in [0.4, 0.5) is 11.4 Å². The molecule has 0 spiro atoms. The van der Waals surface area contributed by atoms with Crippen molar-refractivity contribution in [2.24, 2.45) is 5.92 Å². The lowest BCUT2D eigenvalue weighted by Gasteiger charge is -2.27. The van der Waals surface area contributed by atoms with Crippen molar-refractivity contribution in [3.63, 3.8) is 0 Å². The molecule has 7 nitrogen and oxygen atoms in total. The second-order valence-electron chi connectivity index (χ2n) is 7.30. The molecule has 0 saturated carbocycles. The number of nitrogens with one attached hydrogen (secondary N) is 1. The van der Waals surface area contributed by atoms with Gasteiger partial charge in [-0.2, -0.15) is 0 Å². The van der Waals surface area contributed by atoms with Crippen LogP contribution in [-0.4, -0.2) is 45.6 Å². The van der Waals surface area contributed by atoms with E-state index in [1.165, 1.54) is 6.26 Å². The van der Waals surface area contributed by atoms with Crippen molar-refractivity contribution in [1.29, 1.82) is 0 Å². The predicted molar refractivity (Wildman–Crippen MR) is 112 cm³/mol. The molecular weight excluding hydrogens is 378 g/mol. The molecule has 2 aromatic rings. The quantitative estimate of drug-likeness (QED) is 0.689. The molecule has 0 radical (unpaired) electrons. The predicted octanol–water partition coefficient (Wildman–Crippen LogP) is 3.41. The molecule has 1 N–H and O–H groups in total. The fourth-order valence-electron chi connectivity index (χ4n) is 2.89. The van der Waals surface area contributed by atoms with Crippen LogP contribution >= 0.6 is 0 Å². The molecule has 0 aliphatic heterocycles. The van der Waals surface area contributed by atoms with E-state index in [9.17, 15) is 13.2 Å². The second-order valence-corrected chi connectivity index (χ2v) is 9.31. The SMILES string of the molecule is CCS(=O)(=O)Nc1ccc(N(C)C)c(CN(CC(C)C)C(=O)c2ccco2)c1. The normalized spacial score (nSPS) is 11.5. The van der Waals surface area contributed by atoms with Gasteiger partial charge in [0.15, 0.2) is 5.76 Å². The van der Waals surface area contributed by atoms with Crippen LogP contribution in [0.25, 0.3) is 0 Å². The van der Waals surface area contributed by atoms with E-state index >= 15 is 0 Å². The molecule has 1 aromatic carbocycles. The molecule has 0 bridgehead atoms. The third-order valence-electron chi connectivity index (χ3n) is 4.18. The highest BCUT2D eigenvalue weighted by atomic mass is 32.2. The number of sulfonamides is 1. The highest BCUT2D eigenvalue weighted by molar-refractivity contribution is 7.92. The van der Waals surface area contributed by atoms with Gasteiger partial charge in [-0.25, -0.2) is 8.42 Å². The Hall–Kier alpha value is -2.48. The summed E-state index contributed by atoms with van der Waals surface area (Å²) in [5.41, 5.74) is 2.25. The smallest absolute Gasteiger partial charge is 0.289 e. The summed E-state index contributed by atoms with van der Waals surface area (Å²) in [6, 6.07) is 8.70. The maximum Gasteiger partial charge on any atom is 0.289 e. The summed E-state index contributed by atoms with van der Waals surface area (Å²) >= 11 is 0.